The van der Waals surface area contributed by atoms with E-state index in [0.717, 1.165) is 5.39 Å². The molecule has 3 N–H and O–H groups in total. The fourth-order valence-electron chi connectivity index (χ4n) is 8.17. The number of hydrogen-bond donors (Lipinski definition) is 3. The lowest BCUT2D eigenvalue weighted by Gasteiger charge is -2.35. The van der Waals surface area contributed by atoms with Crippen molar-refractivity contribution < 1.29 is 59.7 Å². The highest BCUT2D eigenvalue weighted by Gasteiger charge is 2.63. The molecule has 4 fully saturated rings. The van der Waals surface area contributed by atoms with Gasteiger partial charge >= 0.3 is 12.3 Å². The zero-order valence-electron chi connectivity index (χ0n) is 34.1. The van der Waals surface area contributed by atoms with Crippen LogP contribution in [0.25, 0.3) is 10.8 Å². The second-order valence-electron chi connectivity index (χ2n) is 17.3. The highest BCUT2D eigenvalue weighted by molar-refractivity contribution is 7.91. The summed E-state index contributed by atoms with van der Waals surface area (Å²) in [5.41, 5.74) is -4.48. The van der Waals surface area contributed by atoms with Gasteiger partial charge in [-0.2, -0.15) is 13.2 Å². The predicted molar refractivity (Wildman–Crippen MR) is 208 cm³/mol. The van der Waals surface area contributed by atoms with Crippen LogP contribution < -0.4 is 24.8 Å². The van der Waals surface area contributed by atoms with E-state index in [1.165, 1.54) is 25.3 Å². The average molecular weight is 854 g/mol. The summed E-state index contributed by atoms with van der Waals surface area (Å²) in [6.07, 6.45) is -2.12. The summed E-state index contributed by atoms with van der Waals surface area (Å²) in [6.45, 7) is 4.57. The summed E-state index contributed by atoms with van der Waals surface area (Å²) in [7, 11) is -1.14. The largest absolute Gasteiger partial charge is 0.497 e. The van der Waals surface area contributed by atoms with Crippen LogP contribution in [0.2, 0.25) is 0 Å². The Hall–Kier alpha value is -4.39. The van der Waals surface area contributed by atoms with E-state index in [0.29, 0.717) is 69.9 Å². The smallest absolute Gasteiger partial charge is 0.427 e. The number of hydrogen-bond acceptors (Lipinski definition) is 11. The molecule has 4 amide bonds. The fraction of sp³-hybridized carbons (Fsp3) is 0.675. The molecule has 2 saturated heterocycles. The number of methoxy groups -OCH3 is 2. The fourth-order valence-corrected chi connectivity index (χ4v) is 9.48. The molecule has 2 aromatic rings. The molecule has 2 saturated carbocycles. The number of halogens is 3. The summed E-state index contributed by atoms with van der Waals surface area (Å²) in [6, 6.07) is 4.16. The molecule has 0 spiro atoms. The normalized spacial score (nSPS) is 28.9. The Morgan fingerprint density at radius 2 is 1.78 bits per heavy atom. The molecule has 6 rings (SSSR count). The van der Waals surface area contributed by atoms with Gasteiger partial charge in [0.25, 0.3) is 5.91 Å². The first kappa shape index (κ1) is 44.2. The third kappa shape index (κ3) is 9.35. The number of alkyl halides is 3. The topological polar surface area (TPSA) is 192 Å². The lowest BCUT2D eigenvalue weighted by Crippen LogP contribution is -2.60. The van der Waals surface area contributed by atoms with Crippen molar-refractivity contribution in [2.75, 3.05) is 27.4 Å². The molecule has 4 aliphatic rings. The van der Waals surface area contributed by atoms with Gasteiger partial charge in [-0.1, -0.05) is 26.2 Å². The van der Waals surface area contributed by atoms with Crippen molar-refractivity contribution in [3.05, 3.63) is 30.5 Å². The number of carbonyl (C=O) groups is 4. The Labute approximate surface area is 341 Å². The molecule has 2 aliphatic heterocycles. The third-order valence-corrected chi connectivity index (χ3v) is 14.5. The zero-order valence-corrected chi connectivity index (χ0v) is 35.0. The molecule has 3 heterocycles. The maximum Gasteiger partial charge on any atom is 0.427 e. The summed E-state index contributed by atoms with van der Waals surface area (Å²) >= 11 is 0. The van der Waals surface area contributed by atoms with Crippen LogP contribution in [0.4, 0.5) is 18.0 Å². The second kappa shape index (κ2) is 16.6. The van der Waals surface area contributed by atoms with Crippen molar-refractivity contribution in [3.8, 4) is 11.6 Å². The molecule has 1 aromatic heterocycles. The van der Waals surface area contributed by atoms with Gasteiger partial charge in [-0.05, 0) is 94.4 Å². The molecular formula is C40H54F3N5O10S. The van der Waals surface area contributed by atoms with Crippen molar-refractivity contribution in [3.63, 3.8) is 0 Å². The second-order valence-corrected chi connectivity index (χ2v) is 19.5. The first-order chi connectivity index (χ1) is 27.6. The van der Waals surface area contributed by atoms with E-state index in [2.05, 4.69) is 20.3 Å². The molecule has 19 heteroatoms. The van der Waals surface area contributed by atoms with Gasteiger partial charge in [-0.15, -0.1) is 0 Å². The molecule has 7 atom stereocenters. The maximum atomic E-state index is 14.9. The van der Waals surface area contributed by atoms with Crippen LogP contribution in [-0.2, 0) is 33.9 Å². The van der Waals surface area contributed by atoms with Gasteiger partial charge in [0.1, 0.15) is 29.5 Å². The van der Waals surface area contributed by atoms with Crippen LogP contribution in [0, 0.1) is 17.8 Å². The van der Waals surface area contributed by atoms with Crippen molar-refractivity contribution in [1.29, 1.82) is 0 Å². The van der Waals surface area contributed by atoms with Crippen LogP contribution in [-0.4, -0.2) is 110 Å². The maximum absolute atomic E-state index is 14.9. The minimum absolute atomic E-state index is 0.0574. The van der Waals surface area contributed by atoms with Gasteiger partial charge < -0.3 is 34.5 Å². The lowest BCUT2D eigenvalue weighted by molar-refractivity contribution is -0.244. The first-order valence-electron chi connectivity index (χ1n) is 20.0. The SMILES string of the molecule is COC[C@@H]1C[C@@H](C)CCCC[C@@H]2C[C@@]2(C(=O)NS(=O)(=O)C2(C)CC2)NC(=O)[C@@H]2C[C@@H](Oc3nccc4cc(OC)ccc34)CN2C(=O)[C@H]1NC(=O)OC(C)(C)C(F)(F)F. The van der Waals surface area contributed by atoms with Gasteiger partial charge in [0.2, 0.25) is 33.3 Å². The van der Waals surface area contributed by atoms with Gasteiger partial charge in [-0.3, -0.25) is 19.1 Å². The van der Waals surface area contributed by atoms with E-state index >= 15 is 0 Å². The summed E-state index contributed by atoms with van der Waals surface area (Å²) in [5, 5.41) is 6.59. The number of rotatable bonds is 10. The van der Waals surface area contributed by atoms with E-state index in [1.54, 1.807) is 31.2 Å². The molecular weight excluding hydrogens is 800 g/mol. The molecule has 2 aliphatic carbocycles. The quantitative estimate of drug-likeness (QED) is 0.299. The molecule has 326 valence electrons. The van der Waals surface area contributed by atoms with Crippen molar-refractivity contribution in [1.82, 2.24) is 25.2 Å². The van der Waals surface area contributed by atoms with Crippen molar-refractivity contribution in [2.24, 2.45) is 17.8 Å². The summed E-state index contributed by atoms with van der Waals surface area (Å²) in [5.74, 6) is -2.85. The van der Waals surface area contributed by atoms with Gasteiger partial charge in [0, 0.05) is 31.0 Å². The zero-order chi connectivity index (χ0) is 43.1. The van der Waals surface area contributed by atoms with E-state index in [-0.39, 0.29) is 43.7 Å². The molecule has 15 nitrogen and oxygen atoms in total. The van der Waals surface area contributed by atoms with Gasteiger partial charge in [-0.25, -0.2) is 18.2 Å². The monoisotopic (exact) mass is 853 g/mol. The average Bonchev–Trinajstić information content (AvgIpc) is 4.04. The lowest BCUT2D eigenvalue weighted by atomic mass is 9.86. The highest BCUT2D eigenvalue weighted by Crippen LogP contribution is 2.49. The Bertz CT molecular complexity index is 2050. The molecule has 1 aromatic carbocycles. The van der Waals surface area contributed by atoms with E-state index < -0.39 is 80.0 Å². The van der Waals surface area contributed by atoms with Crippen LogP contribution >= 0.6 is 0 Å². The van der Waals surface area contributed by atoms with E-state index in [4.69, 9.17) is 18.9 Å². The summed E-state index contributed by atoms with van der Waals surface area (Å²) in [4.78, 5) is 62.4. The Kier molecular flexibility index (Phi) is 12.4. The van der Waals surface area contributed by atoms with Crippen LogP contribution in [0.3, 0.4) is 0 Å². The first-order valence-corrected chi connectivity index (χ1v) is 21.5. The van der Waals surface area contributed by atoms with Crippen LogP contribution in [0.1, 0.15) is 85.5 Å². The van der Waals surface area contributed by atoms with E-state index in [1.807, 2.05) is 6.92 Å². The number of carbonyl (C=O) groups excluding carboxylic acids is 4. The molecule has 0 unspecified atom stereocenters. The van der Waals surface area contributed by atoms with Crippen LogP contribution in [0.5, 0.6) is 11.6 Å². The standard InChI is InChI=1S/C40H54F3N5O10S/c1-23-9-7-8-10-26-20-39(26,35(51)47-59(53,54)38(4)14-15-38)46-32(49)30-19-28(57-33-29-12-11-27(56-6)18-24(29)13-16-44-33)21-48(30)34(50)31(25(17-23)22-55-5)45-36(52)58-37(2,3)40(41,42)43/h11-13,16,18,23,25-26,28,30-31H,7-10,14-15,17,19-22H2,1-6H3,(H,45,52)(H,46,49)(H,47,51)/t23-,25-,26+,28+,30-,31-,39+/m0/s1. The number of benzene rings is 1. The molecule has 0 bridgehead atoms. The number of nitrogens with zero attached hydrogens (tertiary/aromatic N) is 2. The minimum Gasteiger partial charge on any atom is -0.497 e. The molecule has 0 radical (unpaired) electrons. The number of fused-ring (bicyclic) bond motifs is 3. The number of aromatic nitrogens is 1. The number of alkyl carbamates (subject to hydrolysis) is 1. The number of pyridine rings is 1. The highest BCUT2D eigenvalue weighted by atomic mass is 32.2. The minimum atomic E-state index is -4.93. The number of sulfonamides is 1. The molecule has 59 heavy (non-hydrogen) atoms. The van der Waals surface area contributed by atoms with Crippen molar-refractivity contribution >= 4 is 44.6 Å². The Balaban J connectivity index is 1.37. The third-order valence-electron chi connectivity index (χ3n) is 12.4. The predicted octanol–water partition coefficient (Wildman–Crippen LogP) is 4.76. The van der Waals surface area contributed by atoms with Gasteiger partial charge in [0.15, 0.2) is 0 Å². The van der Waals surface area contributed by atoms with Crippen LogP contribution in [0.15, 0.2) is 30.5 Å². The number of nitrogens with one attached hydrogen (secondary N) is 3. The number of ether oxygens (including phenoxy) is 4. The Morgan fingerprint density at radius 3 is 2.44 bits per heavy atom. The van der Waals surface area contributed by atoms with Gasteiger partial charge in [0.05, 0.1) is 25.0 Å². The number of amides is 4. The Morgan fingerprint density at radius 1 is 1.07 bits per heavy atom. The van der Waals surface area contributed by atoms with E-state index in [9.17, 15) is 40.8 Å². The van der Waals surface area contributed by atoms with Crippen molar-refractivity contribution in [2.45, 2.75) is 126 Å². The summed E-state index contributed by atoms with van der Waals surface area (Å²) < 4.78 is 91.1.